The molecule has 3 N–H and O–H groups in total. The van der Waals surface area contributed by atoms with Crippen molar-refractivity contribution in [3.8, 4) is 18.2 Å². The summed E-state index contributed by atoms with van der Waals surface area (Å²) in [5.74, 6) is -0.466. The topological polar surface area (TPSA) is 271 Å². The van der Waals surface area contributed by atoms with Gasteiger partial charge in [-0.2, -0.15) is 31.1 Å². The first kappa shape index (κ1) is 65.4. The van der Waals surface area contributed by atoms with Crippen molar-refractivity contribution < 1.29 is 32.7 Å². The van der Waals surface area contributed by atoms with Crippen LogP contribution in [0.5, 0.6) is 0 Å². The maximum Gasteiger partial charge on any atom is 0.307 e. The number of aliphatic carboxylic acids is 1. The van der Waals surface area contributed by atoms with Gasteiger partial charge in [-0.25, -0.2) is 13.2 Å². The molecule has 3 fully saturated rings. The number of fused-ring (bicyclic) bond motifs is 3. The molecule has 3 saturated heterocycles. The van der Waals surface area contributed by atoms with E-state index in [0.29, 0.717) is 79.6 Å². The Labute approximate surface area is 525 Å². The lowest BCUT2D eigenvalue weighted by molar-refractivity contribution is -0.136. The number of piperidine rings is 3. The molecule has 0 aliphatic carbocycles. The Morgan fingerprint density at radius 2 is 0.857 bits per heavy atom. The predicted octanol–water partition coefficient (Wildman–Crippen LogP) is 9.75. The molecule has 6 aromatic heterocycles. The normalized spacial score (nSPS) is 18.8. The van der Waals surface area contributed by atoms with Gasteiger partial charge in [-0.15, -0.1) is 0 Å². The number of benzene rings is 3. The molecular weight excluding hydrogens is 1160 g/mol. The van der Waals surface area contributed by atoms with Crippen molar-refractivity contribution in [1.29, 1.82) is 15.8 Å². The number of carboxylic acids is 1. The van der Waals surface area contributed by atoms with Crippen molar-refractivity contribution in [2.75, 3.05) is 54.0 Å². The van der Waals surface area contributed by atoms with E-state index in [2.05, 4.69) is 65.7 Å². The third kappa shape index (κ3) is 16.4. The molecule has 0 unspecified atom stereocenters. The van der Waals surface area contributed by atoms with Crippen LogP contribution in [0.25, 0.3) is 32.7 Å². The largest absolute Gasteiger partial charge is 0.481 e. The number of hydrogen-bond acceptors (Lipinski definition) is 16. The summed E-state index contributed by atoms with van der Waals surface area (Å²) in [6.45, 7) is 10.9. The molecular formula is C68H73F3N16O4. The van der Waals surface area contributed by atoms with Crippen molar-refractivity contribution in [2.45, 2.75) is 78.2 Å². The van der Waals surface area contributed by atoms with Gasteiger partial charge in [-0.3, -0.25) is 43.4 Å². The van der Waals surface area contributed by atoms with Gasteiger partial charge in [0.25, 0.3) is 0 Å². The van der Waals surface area contributed by atoms with Gasteiger partial charge in [0.05, 0.1) is 41.6 Å². The molecule has 0 radical (unpaired) electrons. The molecule has 20 nitrogen and oxygen atoms in total. The van der Waals surface area contributed by atoms with Crippen LogP contribution in [0.1, 0.15) is 86.3 Å². The maximum absolute atomic E-state index is 14.6. The summed E-state index contributed by atoms with van der Waals surface area (Å²) in [5, 5.41) is 50.6. The molecule has 3 aliphatic rings. The molecule has 3 aromatic carbocycles. The molecule has 12 rings (SSSR count). The number of nitrogens with zero attached hydrogens (tertiary/aromatic N) is 15. The molecule has 470 valence electrons. The van der Waals surface area contributed by atoms with Crippen LogP contribution >= 0.6 is 0 Å². The quantitative estimate of drug-likeness (QED) is 0.109. The number of nitrogens with two attached hydrogens (primary N) is 1. The van der Waals surface area contributed by atoms with E-state index in [1.807, 2.05) is 62.9 Å². The zero-order valence-electron chi connectivity index (χ0n) is 51.8. The smallest absolute Gasteiger partial charge is 0.307 e. The molecule has 0 amide bonds. The third-order valence-corrected chi connectivity index (χ3v) is 16.5. The fraction of sp³-hybridized carbons (Fsp3) is 0.382. The molecule has 6 atom stereocenters. The number of anilines is 3. The highest BCUT2D eigenvalue weighted by Gasteiger charge is 2.31. The van der Waals surface area contributed by atoms with Crippen molar-refractivity contribution in [3.63, 3.8) is 0 Å². The van der Waals surface area contributed by atoms with Crippen LogP contribution in [-0.2, 0) is 54.8 Å². The fourth-order valence-electron chi connectivity index (χ4n) is 13.0. The number of hydrogen-bond donors (Lipinski definition) is 2. The van der Waals surface area contributed by atoms with E-state index in [1.165, 1.54) is 18.2 Å². The number of ketones is 2. The molecule has 23 heteroatoms. The van der Waals surface area contributed by atoms with Gasteiger partial charge in [0.15, 0.2) is 0 Å². The molecule has 9 aromatic rings. The Bertz CT molecular complexity index is 4050. The van der Waals surface area contributed by atoms with E-state index in [1.54, 1.807) is 82.7 Å². The molecule has 0 bridgehead atoms. The Hall–Kier alpha value is -10.1. The standard InChI is InChI=1S/2C23H24FN5O.C16H17FN4.C6H8N2O2/c2*1-15-6-16(7-18(30)8-17-11-27-28(2)13-17)14-29(12-15)22-9-21(24)20(10-25)23-19(22)4-3-5-26-23;1-10-5-11(19)9-21(8-10)15-6-14(17)13(7-18)16-12(15)3-2-4-20-16;1-8-4-5(3-7-8)2-6(9)10/h2*3-5,9,11,13,15-16H,6-8,12,14H2,1-2H3;2-4,6,10-11H,5,8-9,19H2,1H3;3-4H,2H2,1H3,(H,9,10)/t2*15-,16-;10-,11+;/m000./s1. The number of nitriles is 3. The van der Waals surface area contributed by atoms with Gasteiger partial charge in [-0.05, 0) is 115 Å². The van der Waals surface area contributed by atoms with E-state index in [9.17, 15) is 38.1 Å². The van der Waals surface area contributed by atoms with E-state index in [-0.39, 0.29) is 52.6 Å². The van der Waals surface area contributed by atoms with Gasteiger partial charge in [0, 0.05) is 168 Å². The number of carbonyl (C=O) groups excluding carboxylic acids is 2. The second kappa shape index (κ2) is 29.5. The fourth-order valence-corrected chi connectivity index (χ4v) is 13.0. The molecule has 9 heterocycles. The SMILES string of the molecule is C[C@H]1C[C@@H](CC(=O)Cc2cnn(C)c2)CN(c2cc(F)c(C#N)c3ncccc23)C1.C[C@H]1C[C@@H](CC(=O)Cc2cnn(C)c2)CN(c2cc(F)c(C#N)c3ncccc23)C1.C[C@H]1C[C@@H](N)CN(c2cc(F)c(C#N)c3ncccc23)C1.Cn1cc(CC(=O)O)cn1. The van der Waals surface area contributed by atoms with Gasteiger partial charge >= 0.3 is 5.97 Å². The van der Waals surface area contributed by atoms with Crippen molar-refractivity contribution >= 4 is 67.3 Å². The second-order valence-corrected chi connectivity index (χ2v) is 24.5. The van der Waals surface area contributed by atoms with Crippen LogP contribution < -0.4 is 20.4 Å². The Morgan fingerprint density at radius 3 is 1.16 bits per heavy atom. The van der Waals surface area contributed by atoms with Gasteiger partial charge in [0.1, 0.15) is 63.9 Å². The monoisotopic (exact) mass is 1230 g/mol. The minimum atomic E-state index is -0.826. The highest BCUT2D eigenvalue weighted by molar-refractivity contribution is 5.97. The lowest BCUT2D eigenvalue weighted by Crippen LogP contribution is -2.46. The zero-order valence-corrected chi connectivity index (χ0v) is 51.8. The molecule has 0 saturated carbocycles. The summed E-state index contributed by atoms with van der Waals surface area (Å²) in [4.78, 5) is 54.5. The lowest BCUT2D eigenvalue weighted by atomic mass is 9.85. The summed E-state index contributed by atoms with van der Waals surface area (Å²) in [7, 11) is 5.43. The van der Waals surface area contributed by atoms with E-state index >= 15 is 0 Å². The summed E-state index contributed by atoms with van der Waals surface area (Å²) in [6, 6.07) is 21.2. The number of Topliss-reactive ketones (excluding diaryl/α,β-unsaturated/α-hetero) is 2. The van der Waals surface area contributed by atoms with Crippen LogP contribution in [0.4, 0.5) is 30.2 Å². The molecule has 91 heavy (non-hydrogen) atoms. The number of aromatic nitrogens is 9. The Kier molecular flexibility index (Phi) is 21.2. The second-order valence-electron chi connectivity index (χ2n) is 24.5. The van der Waals surface area contributed by atoms with Gasteiger partial charge in [-0.1, -0.05) is 20.8 Å². The number of pyridine rings is 3. The van der Waals surface area contributed by atoms with Crippen LogP contribution in [0, 0.1) is 81.0 Å². The summed E-state index contributed by atoms with van der Waals surface area (Å²) in [5.41, 5.74) is 12.1. The number of carbonyl (C=O) groups is 3. The third-order valence-electron chi connectivity index (χ3n) is 16.5. The van der Waals surface area contributed by atoms with Gasteiger partial charge < -0.3 is 25.5 Å². The molecule has 0 spiro atoms. The Balaban J connectivity index is 0.000000152. The number of aryl methyl sites for hydroxylation is 3. The van der Waals surface area contributed by atoms with Crippen LogP contribution in [-0.4, -0.2) is 112 Å². The van der Waals surface area contributed by atoms with Crippen LogP contribution in [0.2, 0.25) is 0 Å². The van der Waals surface area contributed by atoms with E-state index in [0.717, 1.165) is 88.8 Å². The minimum absolute atomic E-state index is 0.00343. The maximum atomic E-state index is 14.6. The average molecular weight is 1240 g/mol. The van der Waals surface area contributed by atoms with E-state index < -0.39 is 23.4 Å². The summed E-state index contributed by atoms with van der Waals surface area (Å²) in [6.07, 6.45) is 19.9. The number of rotatable bonds is 13. The van der Waals surface area contributed by atoms with Gasteiger partial charge in [0.2, 0.25) is 0 Å². The van der Waals surface area contributed by atoms with Crippen LogP contribution in [0.3, 0.4) is 0 Å². The molecule has 3 aliphatic heterocycles. The summed E-state index contributed by atoms with van der Waals surface area (Å²) >= 11 is 0. The first-order valence-corrected chi connectivity index (χ1v) is 30.3. The first-order chi connectivity index (χ1) is 43.7. The average Bonchev–Trinajstić information content (AvgIpc) is 1.25. The van der Waals surface area contributed by atoms with Crippen molar-refractivity contribution in [2.24, 2.45) is 56.5 Å². The highest BCUT2D eigenvalue weighted by Crippen LogP contribution is 2.38. The zero-order chi connectivity index (χ0) is 65.0. The Morgan fingerprint density at radius 1 is 0.527 bits per heavy atom. The number of halogens is 3. The van der Waals surface area contributed by atoms with E-state index in [4.69, 9.17) is 16.1 Å². The summed E-state index contributed by atoms with van der Waals surface area (Å²) < 4.78 is 48.5. The lowest BCUT2D eigenvalue weighted by Gasteiger charge is -2.38. The first-order valence-electron chi connectivity index (χ1n) is 30.3. The van der Waals surface area contributed by atoms with Crippen molar-refractivity contribution in [3.05, 3.63) is 161 Å². The number of carboxylic acid groups (broad SMARTS) is 1. The van der Waals surface area contributed by atoms with Crippen LogP contribution in [0.15, 0.2) is 110 Å². The van der Waals surface area contributed by atoms with Crippen molar-refractivity contribution in [1.82, 2.24) is 44.3 Å². The highest BCUT2D eigenvalue weighted by atomic mass is 19.1. The minimum Gasteiger partial charge on any atom is -0.481 e. The predicted molar refractivity (Wildman–Crippen MR) is 340 cm³/mol.